The Balaban J connectivity index is 2.64. The van der Waals surface area contributed by atoms with E-state index < -0.39 is 0 Å². The van der Waals surface area contributed by atoms with Gasteiger partial charge in [0.1, 0.15) is 6.29 Å². The number of hydrogen-bond acceptors (Lipinski definition) is 1. The van der Waals surface area contributed by atoms with Crippen molar-refractivity contribution in [3.05, 3.63) is 12.7 Å². The summed E-state index contributed by atoms with van der Waals surface area (Å²) < 4.78 is 0. The molecule has 0 aromatic heterocycles. The summed E-state index contributed by atoms with van der Waals surface area (Å²) in [5, 5.41) is 0. The quantitative estimate of drug-likeness (QED) is 0.463. The molecule has 0 bridgehead atoms. The summed E-state index contributed by atoms with van der Waals surface area (Å²) in [6, 6.07) is 0. The third-order valence-electron chi connectivity index (χ3n) is 3.27. The number of allylic oxidation sites excluding steroid dienone is 1. The van der Waals surface area contributed by atoms with Crippen molar-refractivity contribution >= 4 is 6.29 Å². The van der Waals surface area contributed by atoms with E-state index in [0.29, 0.717) is 5.92 Å². The minimum Gasteiger partial charge on any atom is -0.303 e. The number of hydrogen-bond donors (Lipinski definition) is 0. The third-order valence-corrected chi connectivity index (χ3v) is 3.27. The number of rotatable bonds is 4. The summed E-state index contributed by atoms with van der Waals surface area (Å²) in [5.41, 5.74) is -0.00576. The fourth-order valence-corrected chi connectivity index (χ4v) is 2.24. The second-order valence-corrected chi connectivity index (χ2v) is 3.98. The second kappa shape index (κ2) is 3.88. The molecule has 0 aromatic rings. The third kappa shape index (κ3) is 1.60. The smallest absolute Gasteiger partial charge is 0.126 e. The molecule has 12 heavy (non-hydrogen) atoms. The molecule has 68 valence electrons. The Kier molecular flexibility index (Phi) is 3.07. The van der Waals surface area contributed by atoms with Crippen LogP contribution in [-0.2, 0) is 4.79 Å². The first-order valence-corrected chi connectivity index (χ1v) is 4.82. The Hall–Kier alpha value is -0.590. The van der Waals surface area contributed by atoms with E-state index >= 15 is 0 Å². The summed E-state index contributed by atoms with van der Waals surface area (Å²) in [6.45, 7) is 5.89. The Morgan fingerprint density at radius 1 is 1.50 bits per heavy atom. The average Bonchev–Trinajstić information content (AvgIpc) is 2.54. The van der Waals surface area contributed by atoms with Crippen molar-refractivity contribution in [3.8, 4) is 0 Å². The fourth-order valence-electron chi connectivity index (χ4n) is 2.24. The van der Waals surface area contributed by atoms with E-state index in [-0.39, 0.29) is 5.41 Å². The number of aldehydes is 1. The molecule has 1 nitrogen and oxygen atoms in total. The van der Waals surface area contributed by atoms with Crippen LogP contribution >= 0.6 is 0 Å². The van der Waals surface area contributed by atoms with Crippen LogP contribution in [0.1, 0.15) is 39.0 Å². The van der Waals surface area contributed by atoms with Crippen molar-refractivity contribution in [3.63, 3.8) is 0 Å². The van der Waals surface area contributed by atoms with Crippen molar-refractivity contribution < 1.29 is 4.79 Å². The maximum absolute atomic E-state index is 11.0. The standard InChI is InChI=1S/C11H18O/c1-3-6-10(2)11(9-12)7-4-5-8-11/h3,9-10H,1,4-8H2,2H3. The van der Waals surface area contributed by atoms with Crippen LogP contribution in [0.4, 0.5) is 0 Å². The largest absolute Gasteiger partial charge is 0.303 e. The zero-order chi connectivity index (χ0) is 9.03. The molecule has 0 amide bonds. The molecule has 0 aromatic carbocycles. The minimum atomic E-state index is -0.00576. The summed E-state index contributed by atoms with van der Waals surface area (Å²) in [5.74, 6) is 0.481. The maximum atomic E-state index is 11.0. The van der Waals surface area contributed by atoms with Crippen LogP contribution in [0.2, 0.25) is 0 Å². The van der Waals surface area contributed by atoms with Crippen LogP contribution < -0.4 is 0 Å². The van der Waals surface area contributed by atoms with Crippen LogP contribution in [0.5, 0.6) is 0 Å². The van der Waals surface area contributed by atoms with Gasteiger partial charge < -0.3 is 4.79 Å². The van der Waals surface area contributed by atoms with Gasteiger partial charge in [0, 0.05) is 5.41 Å². The highest BCUT2D eigenvalue weighted by molar-refractivity contribution is 5.60. The Labute approximate surface area is 74.9 Å². The topological polar surface area (TPSA) is 17.1 Å². The molecule has 1 aliphatic carbocycles. The van der Waals surface area contributed by atoms with Gasteiger partial charge in [-0.25, -0.2) is 0 Å². The van der Waals surface area contributed by atoms with Crippen LogP contribution in [-0.4, -0.2) is 6.29 Å². The molecule has 1 heteroatoms. The van der Waals surface area contributed by atoms with Crippen molar-refractivity contribution in [2.24, 2.45) is 11.3 Å². The lowest BCUT2D eigenvalue weighted by Gasteiger charge is -2.28. The van der Waals surface area contributed by atoms with Crippen molar-refractivity contribution in [2.75, 3.05) is 0 Å². The molecular formula is C11H18O. The molecule has 1 unspecified atom stereocenters. The summed E-state index contributed by atoms with van der Waals surface area (Å²) in [4.78, 5) is 11.0. The van der Waals surface area contributed by atoms with E-state index in [1.54, 1.807) is 0 Å². The van der Waals surface area contributed by atoms with Crippen LogP contribution in [0.15, 0.2) is 12.7 Å². The van der Waals surface area contributed by atoms with Crippen molar-refractivity contribution in [1.29, 1.82) is 0 Å². The van der Waals surface area contributed by atoms with Gasteiger partial charge in [-0.15, -0.1) is 6.58 Å². The predicted octanol–water partition coefficient (Wildman–Crippen LogP) is 2.96. The van der Waals surface area contributed by atoms with Crippen LogP contribution in [0.3, 0.4) is 0 Å². The van der Waals surface area contributed by atoms with Gasteiger partial charge in [0.25, 0.3) is 0 Å². The maximum Gasteiger partial charge on any atom is 0.126 e. The zero-order valence-corrected chi connectivity index (χ0v) is 7.88. The van der Waals surface area contributed by atoms with E-state index in [9.17, 15) is 4.79 Å². The monoisotopic (exact) mass is 166 g/mol. The predicted molar refractivity (Wildman–Crippen MR) is 50.9 cm³/mol. The number of carbonyl (C=O) groups excluding carboxylic acids is 1. The molecule has 0 N–H and O–H groups in total. The van der Waals surface area contributed by atoms with Gasteiger partial charge in [-0.1, -0.05) is 25.8 Å². The van der Waals surface area contributed by atoms with Gasteiger partial charge in [0.2, 0.25) is 0 Å². The first kappa shape index (κ1) is 9.50. The van der Waals surface area contributed by atoms with E-state index in [0.717, 1.165) is 19.3 Å². The Bertz CT molecular complexity index is 166. The molecular weight excluding hydrogens is 148 g/mol. The summed E-state index contributed by atoms with van der Waals surface area (Å²) in [6.07, 6.45) is 8.71. The SMILES string of the molecule is C=CCC(C)C1(C=O)CCCC1. The van der Waals surface area contributed by atoms with Crippen LogP contribution in [0, 0.1) is 11.3 Å². The van der Waals surface area contributed by atoms with Crippen molar-refractivity contribution in [2.45, 2.75) is 39.0 Å². The molecule has 0 heterocycles. The second-order valence-electron chi connectivity index (χ2n) is 3.98. The normalized spacial score (nSPS) is 23.4. The lowest BCUT2D eigenvalue weighted by molar-refractivity contribution is -0.118. The number of carbonyl (C=O) groups is 1. The Morgan fingerprint density at radius 3 is 2.50 bits per heavy atom. The first-order valence-electron chi connectivity index (χ1n) is 4.82. The molecule has 1 atom stereocenters. The van der Waals surface area contributed by atoms with Gasteiger partial charge in [0.05, 0.1) is 0 Å². The van der Waals surface area contributed by atoms with E-state index in [4.69, 9.17) is 0 Å². The summed E-state index contributed by atoms with van der Waals surface area (Å²) in [7, 11) is 0. The average molecular weight is 166 g/mol. The molecule has 1 fully saturated rings. The van der Waals surface area contributed by atoms with Gasteiger partial charge in [-0.3, -0.25) is 0 Å². The van der Waals surface area contributed by atoms with E-state index in [2.05, 4.69) is 13.5 Å². The highest BCUT2D eigenvalue weighted by Crippen LogP contribution is 2.43. The van der Waals surface area contributed by atoms with Gasteiger partial charge in [0.15, 0.2) is 0 Å². The molecule has 0 aliphatic heterocycles. The van der Waals surface area contributed by atoms with E-state index in [1.165, 1.54) is 19.1 Å². The van der Waals surface area contributed by atoms with Gasteiger partial charge in [-0.05, 0) is 25.2 Å². The van der Waals surface area contributed by atoms with Gasteiger partial charge in [-0.2, -0.15) is 0 Å². The van der Waals surface area contributed by atoms with Crippen molar-refractivity contribution in [1.82, 2.24) is 0 Å². The van der Waals surface area contributed by atoms with E-state index in [1.807, 2.05) is 6.08 Å². The van der Waals surface area contributed by atoms with Crippen LogP contribution in [0.25, 0.3) is 0 Å². The first-order chi connectivity index (χ1) is 5.75. The molecule has 0 spiro atoms. The minimum absolute atomic E-state index is 0.00576. The fraction of sp³-hybridized carbons (Fsp3) is 0.727. The highest BCUT2D eigenvalue weighted by Gasteiger charge is 2.37. The molecule has 0 saturated heterocycles. The Morgan fingerprint density at radius 2 is 2.08 bits per heavy atom. The molecule has 1 rings (SSSR count). The summed E-state index contributed by atoms with van der Waals surface area (Å²) >= 11 is 0. The lowest BCUT2D eigenvalue weighted by Crippen LogP contribution is -2.26. The lowest BCUT2D eigenvalue weighted by atomic mass is 9.74. The molecule has 1 saturated carbocycles. The zero-order valence-electron chi connectivity index (χ0n) is 7.88. The highest BCUT2D eigenvalue weighted by atomic mass is 16.1. The molecule has 1 aliphatic rings. The molecule has 0 radical (unpaired) electrons. The van der Waals surface area contributed by atoms with Gasteiger partial charge >= 0.3 is 0 Å².